The Labute approximate surface area is 319 Å². The van der Waals surface area contributed by atoms with Gasteiger partial charge >= 0.3 is 0 Å². The summed E-state index contributed by atoms with van der Waals surface area (Å²) in [6, 6.07) is 72.0. The molecule has 0 bridgehead atoms. The number of hydrogen-bond acceptors (Lipinski definition) is 3. The molecule has 0 radical (unpaired) electrons. The van der Waals surface area contributed by atoms with Gasteiger partial charge in [0, 0.05) is 33.0 Å². The van der Waals surface area contributed by atoms with Gasteiger partial charge in [0.1, 0.15) is 5.69 Å². The summed E-state index contributed by atoms with van der Waals surface area (Å²) < 4.78 is 2.12. The highest BCUT2D eigenvalue weighted by Gasteiger charge is 2.21. The average molecular weight is 703 g/mol. The van der Waals surface area contributed by atoms with E-state index in [2.05, 4.69) is 168 Å². The van der Waals surface area contributed by atoms with Crippen molar-refractivity contribution < 1.29 is 0 Å². The molecule has 258 valence electrons. The normalized spacial score (nSPS) is 11.3. The zero-order chi connectivity index (χ0) is 36.6. The first-order chi connectivity index (χ1) is 27.3. The van der Waals surface area contributed by atoms with Crippen LogP contribution in [-0.4, -0.2) is 19.7 Å². The minimum absolute atomic E-state index is 0.699. The van der Waals surface area contributed by atoms with Crippen LogP contribution in [0.4, 0.5) is 0 Å². The number of aromatic nitrogens is 4. The highest BCUT2D eigenvalue weighted by Crippen LogP contribution is 2.42. The topological polar surface area (TPSA) is 43.6 Å². The van der Waals surface area contributed by atoms with Crippen molar-refractivity contribution in [2.45, 2.75) is 0 Å². The van der Waals surface area contributed by atoms with E-state index < -0.39 is 0 Å². The Morgan fingerprint density at radius 3 is 1.42 bits per heavy atom. The Morgan fingerprint density at radius 1 is 0.364 bits per heavy atom. The first-order valence-electron chi connectivity index (χ1n) is 18.5. The van der Waals surface area contributed by atoms with Crippen molar-refractivity contribution >= 4 is 21.7 Å². The van der Waals surface area contributed by atoms with Crippen molar-refractivity contribution in [3.63, 3.8) is 0 Å². The van der Waals surface area contributed by atoms with Crippen LogP contribution < -0.4 is 0 Å². The van der Waals surface area contributed by atoms with Crippen LogP contribution in [0, 0.1) is 0 Å². The van der Waals surface area contributed by atoms with Gasteiger partial charge in [-0.15, -0.1) is 0 Å². The second-order valence-electron chi connectivity index (χ2n) is 13.7. The van der Waals surface area contributed by atoms with Crippen molar-refractivity contribution in [3.8, 4) is 73.1 Å². The van der Waals surface area contributed by atoms with Gasteiger partial charge in [-0.1, -0.05) is 182 Å². The summed E-state index contributed by atoms with van der Waals surface area (Å²) in [5.74, 6) is 0.699. The van der Waals surface area contributed by atoms with Crippen LogP contribution in [-0.2, 0) is 0 Å². The lowest BCUT2D eigenvalue weighted by molar-refractivity contribution is 0.918. The molecule has 4 heteroatoms. The molecule has 55 heavy (non-hydrogen) atoms. The number of fused-ring (bicyclic) bond motifs is 3. The lowest BCUT2D eigenvalue weighted by Crippen LogP contribution is -1.96. The molecule has 2 heterocycles. The Kier molecular flexibility index (Phi) is 8.12. The van der Waals surface area contributed by atoms with Crippen LogP contribution in [0.5, 0.6) is 0 Å². The van der Waals surface area contributed by atoms with Gasteiger partial charge < -0.3 is 0 Å². The van der Waals surface area contributed by atoms with E-state index in [-0.39, 0.29) is 0 Å². The summed E-state index contributed by atoms with van der Waals surface area (Å²) >= 11 is 0. The smallest absolute Gasteiger partial charge is 0.160 e. The zero-order valence-corrected chi connectivity index (χ0v) is 29.9. The summed E-state index contributed by atoms with van der Waals surface area (Å²) in [6.07, 6.45) is 0. The molecule has 0 amide bonds. The van der Waals surface area contributed by atoms with E-state index >= 15 is 0 Å². The van der Waals surface area contributed by atoms with E-state index in [1.165, 1.54) is 16.3 Å². The molecule has 0 saturated carbocycles. The van der Waals surface area contributed by atoms with E-state index in [0.29, 0.717) is 5.82 Å². The lowest BCUT2D eigenvalue weighted by Gasteiger charge is -2.11. The van der Waals surface area contributed by atoms with Crippen LogP contribution in [0.25, 0.3) is 94.8 Å². The summed E-state index contributed by atoms with van der Waals surface area (Å²) in [7, 11) is 0. The average Bonchev–Trinajstić information content (AvgIpc) is 3.68. The van der Waals surface area contributed by atoms with Crippen LogP contribution in [0.3, 0.4) is 0 Å². The molecule has 4 nitrogen and oxygen atoms in total. The molecule has 0 unspecified atom stereocenters. The molecular formula is C51H34N4. The molecule has 0 aliphatic heterocycles. The SMILES string of the molecule is c1ccc(-c2cc(-c3ccccc3)nc(-c3ccc(-c4ccc(-c5nn(-c6ccccc6)c6c5c(-c5ccccc5)cc5ccccc56)cc4)cc3)n2)cc1. The number of nitrogens with zero attached hydrogens (tertiary/aromatic N) is 4. The molecule has 0 saturated heterocycles. The Morgan fingerprint density at radius 2 is 0.836 bits per heavy atom. The molecule has 0 atom stereocenters. The maximum absolute atomic E-state index is 5.37. The summed E-state index contributed by atoms with van der Waals surface area (Å²) in [5, 5.41) is 8.87. The number of benzene rings is 8. The summed E-state index contributed by atoms with van der Waals surface area (Å²) in [6.45, 7) is 0. The standard InChI is InChI=1S/C51H34N4/c1-5-15-37(16-6-1)45-33-42-21-13-14-24-44(42)50-48(45)49(54-55(50)43-22-11-4-12-23-43)40-29-25-35(26-30-40)36-27-31-41(32-28-36)51-52-46(38-17-7-2-8-18-38)34-47(53-51)39-19-9-3-10-20-39/h1-34H. The van der Waals surface area contributed by atoms with Crippen LogP contribution >= 0.6 is 0 Å². The van der Waals surface area contributed by atoms with Crippen LogP contribution in [0.2, 0.25) is 0 Å². The highest BCUT2D eigenvalue weighted by molar-refractivity contribution is 6.17. The van der Waals surface area contributed by atoms with E-state index in [0.717, 1.165) is 72.6 Å². The Hall–Kier alpha value is -7.43. The zero-order valence-electron chi connectivity index (χ0n) is 29.9. The molecule has 10 rings (SSSR count). The van der Waals surface area contributed by atoms with Crippen molar-refractivity contribution in [2.24, 2.45) is 0 Å². The molecule has 8 aromatic carbocycles. The molecular weight excluding hydrogens is 669 g/mol. The molecule has 10 aromatic rings. The van der Waals surface area contributed by atoms with Gasteiger partial charge in [-0.05, 0) is 51.9 Å². The monoisotopic (exact) mass is 702 g/mol. The Balaban J connectivity index is 1.05. The fourth-order valence-electron chi connectivity index (χ4n) is 7.51. The molecule has 2 aromatic heterocycles. The van der Waals surface area contributed by atoms with Crippen molar-refractivity contribution in [2.75, 3.05) is 0 Å². The fourth-order valence-corrected chi connectivity index (χ4v) is 7.51. The third kappa shape index (κ3) is 6.06. The van der Waals surface area contributed by atoms with Crippen molar-refractivity contribution in [3.05, 3.63) is 206 Å². The summed E-state index contributed by atoms with van der Waals surface area (Å²) in [4.78, 5) is 10.0. The molecule has 0 N–H and O–H groups in total. The first kappa shape index (κ1) is 32.2. The minimum atomic E-state index is 0.699. The van der Waals surface area contributed by atoms with Crippen molar-refractivity contribution in [1.29, 1.82) is 0 Å². The van der Waals surface area contributed by atoms with Gasteiger partial charge in [0.05, 0.1) is 22.6 Å². The van der Waals surface area contributed by atoms with Gasteiger partial charge in [0.15, 0.2) is 5.82 Å². The maximum atomic E-state index is 5.37. The molecule has 0 fully saturated rings. The highest BCUT2D eigenvalue weighted by atomic mass is 15.3. The maximum Gasteiger partial charge on any atom is 0.160 e. The van der Waals surface area contributed by atoms with Crippen molar-refractivity contribution in [1.82, 2.24) is 19.7 Å². The lowest BCUT2D eigenvalue weighted by atomic mass is 9.93. The van der Waals surface area contributed by atoms with Gasteiger partial charge in [-0.3, -0.25) is 0 Å². The first-order valence-corrected chi connectivity index (χ1v) is 18.5. The molecule has 0 spiro atoms. The second-order valence-corrected chi connectivity index (χ2v) is 13.7. The number of hydrogen-bond donors (Lipinski definition) is 0. The van der Waals surface area contributed by atoms with Crippen LogP contribution in [0.1, 0.15) is 0 Å². The second kappa shape index (κ2) is 13.8. The predicted molar refractivity (Wildman–Crippen MR) is 227 cm³/mol. The largest absolute Gasteiger partial charge is 0.232 e. The number of para-hydroxylation sites is 1. The fraction of sp³-hybridized carbons (Fsp3) is 0. The van der Waals surface area contributed by atoms with Gasteiger partial charge in [-0.2, -0.15) is 5.10 Å². The molecule has 0 aliphatic carbocycles. The quantitative estimate of drug-likeness (QED) is 0.166. The van der Waals surface area contributed by atoms with E-state index in [4.69, 9.17) is 15.1 Å². The summed E-state index contributed by atoms with van der Waals surface area (Å²) in [5.41, 5.74) is 13.6. The van der Waals surface area contributed by atoms with Gasteiger partial charge in [0.25, 0.3) is 0 Å². The van der Waals surface area contributed by atoms with E-state index in [1.54, 1.807) is 0 Å². The van der Waals surface area contributed by atoms with E-state index in [1.807, 2.05) is 42.5 Å². The van der Waals surface area contributed by atoms with E-state index in [9.17, 15) is 0 Å². The number of rotatable bonds is 7. The minimum Gasteiger partial charge on any atom is -0.232 e. The third-order valence-electron chi connectivity index (χ3n) is 10.3. The van der Waals surface area contributed by atoms with Gasteiger partial charge in [0.2, 0.25) is 0 Å². The molecule has 0 aliphatic rings. The predicted octanol–water partition coefficient (Wildman–Crippen LogP) is 13.0. The van der Waals surface area contributed by atoms with Gasteiger partial charge in [-0.25, -0.2) is 14.6 Å². The van der Waals surface area contributed by atoms with Crippen LogP contribution in [0.15, 0.2) is 206 Å². The Bertz CT molecular complexity index is 2860. The third-order valence-corrected chi connectivity index (χ3v) is 10.3.